The second-order valence-electron chi connectivity index (χ2n) is 4.71. The van der Waals surface area contributed by atoms with Gasteiger partial charge in [-0.3, -0.25) is 0 Å². The maximum absolute atomic E-state index is 5.53. The fraction of sp³-hybridized carbons (Fsp3) is 0.455. The molecule has 0 saturated carbocycles. The van der Waals surface area contributed by atoms with Gasteiger partial charge in [-0.05, 0) is 12.1 Å². The Labute approximate surface area is 88.9 Å². The Morgan fingerprint density at radius 2 is 2.00 bits per heavy atom. The second-order valence-corrected chi connectivity index (χ2v) is 4.71. The van der Waals surface area contributed by atoms with Crippen molar-refractivity contribution in [3.63, 3.8) is 0 Å². The van der Waals surface area contributed by atoms with Crippen LogP contribution in [0.4, 0.5) is 0 Å². The highest BCUT2D eigenvalue weighted by atomic mass is 15.0. The Morgan fingerprint density at radius 3 is 2.60 bits per heavy atom. The molecule has 15 heavy (non-hydrogen) atoms. The quantitative estimate of drug-likeness (QED) is 0.743. The largest absolute Gasteiger partial charge is 0.340 e. The Hall–Kier alpha value is -1.42. The van der Waals surface area contributed by atoms with Gasteiger partial charge in [0, 0.05) is 12.0 Å². The number of imidazole rings is 1. The standard InChI is InChI=1S/C11H16N4/c1-11(2,3)10-14-8-5-4-7(6-12)13-9(8)15-10/h4-5H,6,12H2,1-3H3,(H,13,14,15). The van der Waals surface area contributed by atoms with Crippen LogP contribution in [0.5, 0.6) is 0 Å². The average molecular weight is 204 g/mol. The van der Waals surface area contributed by atoms with E-state index in [-0.39, 0.29) is 5.41 Å². The van der Waals surface area contributed by atoms with Gasteiger partial charge in [0.25, 0.3) is 0 Å². The second kappa shape index (κ2) is 3.31. The number of fused-ring (bicyclic) bond motifs is 1. The van der Waals surface area contributed by atoms with Crippen LogP contribution in [0.2, 0.25) is 0 Å². The lowest BCUT2D eigenvalue weighted by atomic mass is 9.96. The van der Waals surface area contributed by atoms with E-state index in [4.69, 9.17) is 5.73 Å². The minimum absolute atomic E-state index is 0.0174. The van der Waals surface area contributed by atoms with Crippen LogP contribution >= 0.6 is 0 Å². The van der Waals surface area contributed by atoms with Gasteiger partial charge in [-0.25, -0.2) is 9.97 Å². The zero-order chi connectivity index (χ0) is 11.1. The Morgan fingerprint density at radius 1 is 1.27 bits per heavy atom. The van der Waals surface area contributed by atoms with Crippen molar-refractivity contribution in [2.24, 2.45) is 5.73 Å². The molecule has 0 bridgehead atoms. The number of nitrogens with two attached hydrogens (primary N) is 1. The summed E-state index contributed by atoms with van der Waals surface area (Å²) in [5.74, 6) is 0.958. The van der Waals surface area contributed by atoms with Crippen molar-refractivity contribution in [3.05, 3.63) is 23.7 Å². The molecule has 2 aromatic rings. The van der Waals surface area contributed by atoms with Crippen molar-refractivity contribution >= 4 is 11.2 Å². The van der Waals surface area contributed by atoms with Gasteiger partial charge in [0.15, 0.2) is 5.65 Å². The number of aromatic amines is 1. The smallest absolute Gasteiger partial charge is 0.178 e. The van der Waals surface area contributed by atoms with Crippen LogP contribution in [0.15, 0.2) is 12.1 Å². The number of nitrogens with zero attached hydrogens (tertiary/aromatic N) is 2. The van der Waals surface area contributed by atoms with Gasteiger partial charge in [0.1, 0.15) is 5.82 Å². The Balaban J connectivity index is 2.56. The van der Waals surface area contributed by atoms with Crippen LogP contribution in [-0.4, -0.2) is 15.0 Å². The van der Waals surface area contributed by atoms with E-state index in [1.54, 1.807) is 0 Å². The highest BCUT2D eigenvalue weighted by Gasteiger charge is 2.18. The van der Waals surface area contributed by atoms with Crippen molar-refractivity contribution in [2.45, 2.75) is 32.7 Å². The molecule has 0 aromatic carbocycles. The SMILES string of the molecule is CC(C)(C)c1nc2nc(CN)ccc2[nH]1. The molecule has 0 radical (unpaired) electrons. The first-order chi connectivity index (χ1) is 7.00. The first-order valence-electron chi connectivity index (χ1n) is 5.07. The minimum Gasteiger partial charge on any atom is -0.340 e. The molecule has 0 spiro atoms. The average Bonchev–Trinajstić information content (AvgIpc) is 2.59. The molecule has 0 saturated heterocycles. The van der Waals surface area contributed by atoms with E-state index in [0.29, 0.717) is 6.54 Å². The number of H-pyrrole nitrogens is 1. The van der Waals surface area contributed by atoms with Gasteiger partial charge in [-0.15, -0.1) is 0 Å². The molecule has 2 rings (SSSR count). The molecule has 0 unspecified atom stereocenters. The van der Waals surface area contributed by atoms with Gasteiger partial charge < -0.3 is 10.7 Å². The molecule has 0 amide bonds. The lowest BCUT2D eigenvalue weighted by Gasteiger charge is -2.13. The summed E-state index contributed by atoms with van der Waals surface area (Å²) in [7, 11) is 0. The summed E-state index contributed by atoms with van der Waals surface area (Å²) >= 11 is 0. The van der Waals surface area contributed by atoms with Crippen molar-refractivity contribution in [2.75, 3.05) is 0 Å². The zero-order valence-electron chi connectivity index (χ0n) is 9.33. The van der Waals surface area contributed by atoms with Crippen molar-refractivity contribution in [1.82, 2.24) is 15.0 Å². The molecule has 0 aliphatic rings. The predicted octanol–water partition coefficient (Wildman–Crippen LogP) is 1.71. The molecule has 0 fully saturated rings. The molecule has 80 valence electrons. The first-order valence-corrected chi connectivity index (χ1v) is 5.07. The van der Waals surface area contributed by atoms with E-state index in [0.717, 1.165) is 22.7 Å². The molecule has 3 N–H and O–H groups in total. The van der Waals surface area contributed by atoms with E-state index < -0.39 is 0 Å². The van der Waals surface area contributed by atoms with Crippen molar-refractivity contribution in [1.29, 1.82) is 0 Å². The summed E-state index contributed by atoms with van der Waals surface area (Å²) in [5, 5.41) is 0. The summed E-state index contributed by atoms with van der Waals surface area (Å²) in [5.41, 5.74) is 8.14. The van der Waals surface area contributed by atoms with E-state index in [1.807, 2.05) is 12.1 Å². The van der Waals surface area contributed by atoms with Crippen LogP contribution in [-0.2, 0) is 12.0 Å². The van der Waals surface area contributed by atoms with Gasteiger partial charge in [0.2, 0.25) is 0 Å². The first kappa shape index (κ1) is 10.1. The molecular formula is C11H16N4. The van der Waals surface area contributed by atoms with Crippen LogP contribution in [0, 0.1) is 0 Å². The summed E-state index contributed by atoms with van der Waals surface area (Å²) in [6.45, 7) is 6.81. The van der Waals surface area contributed by atoms with Gasteiger partial charge >= 0.3 is 0 Å². The normalized spacial score (nSPS) is 12.3. The lowest BCUT2D eigenvalue weighted by Crippen LogP contribution is -2.13. The summed E-state index contributed by atoms with van der Waals surface area (Å²) in [4.78, 5) is 12.1. The number of hydrogen-bond acceptors (Lipinski definition) is 3. The molecule has 4 heteroatoms. The molecule has 4 nitrogen and oxygen atoms in total. The van der Waals surface area contributed by atoms with Gasteiger partial charge in [-0.1, -0.05) is 20.8 Å². The maximum atomic E-state index is 5.53. The van der Waals surface area contributed by atoms with E-state index in [2.05, 4.69) is 35.7 Å². The number of hydrogen-bond donors (Lipinski definition) is 2. The lowest BCUT2D eigenvalue weighted by molar-refractivity contribution is 0.554. The molecule has 0 aliphatic heterocycles. The third-order valence-corrected chi connectivity index (χ3v) is 2.32. The fourth-order valence-electron chi connectivity index (χ4n) is 1.40. The van der Waals surface area contributed by atoms with Gasteiger partial charge in [0.05, 0.1) is 11.2 Å². The summed E-state index contributed by atoms with van der Waals surface area (Å²) in [6.07, 6.45) is 0. The zero-order valence-corrected chi connectivity index (χ0v) is 9.33. The van der Waals surface area contributed by atoms with Crippen LogP contribution < -0.4 is 5.73 Å². The molecular weight excluding hydrogens is 188 g/mol. The number of nitrogens with one attached hydrogen (secondary N) is 1. The number of pyridine rings is 1. The van der Waals surface area contributed by atoms with E-state index in [1.165, 1.54) is 0 Å². The topological polar surface area (TPSA) is 67.6 Å². The molecule has 0 aliphatic carbocycles. The number of aromatic nitrogens is 3. The van der Waals surface area contributed by atoms with E-state index in [9.17, 15) is 0 Å². The minimum atomic E-state index is 0.0174. The maximum Gasteiger partial charge on any atom is 0.178 e. The van der Waals surface area contributed by atoms with Crippen LogP contribution in [0.1, 0.15) is 32.3 Å². The third-order valence-electron chi connectivity index (χ3n) is 2.32. The third kappa shape index (κ3) is 1.85. The fourth-order valence-corrected chi connectivity index (χ4v) is 1.40. The van der Waals surface area contributed by atoms with Crippen LogP contribution in [0.25, 0.3) is 11.2 Å². The molecule has 2 heterocycles. The summed E-state index contributed by atoms with van der Waals surface area (Å²) in [6, 6.07) is 3.90. The Bertz CT molecular complexity index is 479. The summed E-state index contributed by atoms with van der Waals surface area (Å²) < 4.78 is 0. The highest BCUT2D eigenvalue weighted by Crippen LogP contribution is 2.21. The molecule has 2 aromatic heterocycles. The Kier molecular flexibility index (Phi) is 2.23. The molecule has 0 atom stereocenters. The number of rotatable bonds is 1. The van der Waals surface area contributed by atoms with E-state index >= 15 is 0 Å². The van der Waals surface area contributed by atoms with Gasteiger partial charge in [-0.2, -0.15) is 0 Å². The predicted molar refractivity (Wildman–Crippen MR) is 60.5 cm³/mol. The van der Waals surface area contributed by atoms with Crippen molar-refractivity contribution in [3.8, 4) is 0 Å². The van der Waals surface area contributed by atoms with Crippen LogP contribution in [0.3, 0.4) is 0 Å². The highest BCUT2D eigenvalue weighted by molar-refractivity contribution is 5.70. The van der Waals surface area contributed by atoms with Crippen molar-refractivity contribution < 1.29 is 0 Å². The monoisotopic (exact) mass is 204 g/mol.